The number of ether oxygens (including phenoxy) is 1. The Morgan fingerprint density at radius 2 is 1.48 bits per heavy atom. The van der Waals surface area contributed by atoms with E-state index in [1.54, 1.807) is 18.2 Å². The maximum absolute atomic E-state index is 12.8. The molecule has 0 unspecified atom stereocenters. The SMILES string of the molecule is Cc1ccc(NC(=O)CSc2ccccc2C(=O)Nc2ccc(OC(C)C)cc2)cc1. The molecule has 0 aliphatic carbocycles. The molecule has 31 heavy (non-hydrogen) atoms. The molecule has 0 fully saturated rings. The molecule has 5 nitrogen and oxygen atoms in total. The van der Waals surface area contributed by atoms with Crippen LogP contribution in [0.2, 0.25) is 0 Å². The predicted molar refractivity (Wildman–Crippen MR) is 127 cm³/mol. The van der Waals surface area contributed by atoms with E-state index in [0.717, 1.165) is 21.9 Å². The van der Waals surface area contributed by atoms with Crippen molar-refractivity contribution in [2.75, 3.05) is 16.4 Å². The standard InChI is InChI=1S/C25H26N2O3S/c1-17(2)30-21-14-12-20(13-15-21)27-25(29)22-6-4-5-7-23(22)31-16-24(28)26-19-10-8-18(3)9-11-19/h4-15,17H,16H2,1-3H3,(H,26,28)(H,27,29). The van der Waals surface area contributed by atoms with E-state index in [2.05, 4.69) is 10.6 Å². The van der Waals surface area contributed by atoms with Gasteiger partial charge in [-0.25, -0.2) is 0 Å². The number of hydrogen-bond donors (Lipinski definition) is 2. The lowest BCUT2D eigenvalue weighted by atomic mass is 10.2. The summed E-state index contributed by atoms with van der Waals surface area (Å²) in [6.07, 6.45) is 0.0903. The first-order valence-corrected chi connectivity index (χ1v) is 11.1. The molecule has 0 saturated carbocycles. The van der Waals surface area contributed by atoms with Crippen LogP contribution in [0.25, 0.3) is 0 Å². The summed E-state index contributed by atoms with van der Waals surface area (Å²) in [7, 11) is 0. The number of rotatable bonds is 8. The van der Waals surface area contributed by atoms with Crippen LogP contribution in [0, 0.1) is 6.92 Å². The topological polar surface area (TPSA) is 67.4 Å². The quantitative estimate of drug-likeness (QED) is 0.442. The molecule has 0 heterocycles. The summed E-state index contributed by atoms with van der Waals surface area (Å²) >= 11 is 1.33. The van der Waals surface area contributed by atoms with E-state index < -0.39 is 0 Å². The third-order valence-electron chi connectivity index (χ3n) is 4.31. The minimum atomic E-state index is -0.223. The maximum Gasteiger partial charge on any atom is 0.256 e. The summed E-state index contributed by atoms with van der Waals surface area (Å²) in [6, 6.07) is 22.2. The molecule has 6 heteroatoms. The molecule has 0 aliphatic rings. The molecule has 0 aliphatic heterocycles. The molecule has 0 atom stereocenters. The highest BCUT2D eigenvalue weighted by molar-refractivity contribution is 8.00. The monoisotopic (exact) mass is 434 g/mol. The number of carbonyl (C=O) groups is 2. The third kappa shape index (κ3) is 6.89. The highest BCUT2D eigenvalue weighted by Crippen LogP contribution is 2.25. The van der Waals surface area contributed by atoms with Gasteiger partial charge in [0.05, 0.1) is 17.4 Å². The number of aryl methyl sites for hydroxylation is 1. The molecule has 0 radical (unpaired) electrons. The largest absolute Gasteiger partial charge is 0.491 e. The summed E-state index contributed by atoms with van der Waals surface area (Å²) in [5.74, 6) is 0.618. The minimum Gasteiger partial charge on any atom is -0.491 e. The van der Waals surface area contributed by atoms with Gasteiger partial charge in [-0.3, -0.25) is 9.59 Å². The lowest BCUT2D eigenvalue weighted by Crippen LogP contribution is -2.16. The van der Waals surface area contributed by atoms with Crippen LogP contribution in [0.4, 0.5) is 11.4 Å². The molecular weight excluding hydrogens is 408 g/mol. The second-order valence-electron chi connectivity index (χ2n) is 7.34. The molecule has 2 N–H and O–H groups in total. The third-order valence-corrected chi connectivity index (χ3v) is 5.38. The van der Waals surface area contributed by atoms with E-state index in [9.17, 15) is 9.59 Å². The van der Waals surface area contributed by atoms with Gasteiger partial charge in [-0.05, 0) is 69.3 Å². The van der Waals surface area contributed by atoms with Gasteiger partial charge >= 0.3 is 0 Å². The number of amides is 2. The van der Waals surface area contributed by atoms with Crippen LogP contribution in [0.3, 0.4) is 0 Å². The van der Waals surface area contributed by atoms with Crippen molar-refractivity contribution in [1.29, 1.82) is 0 Å². The summed E-state index contributed by atoms with van der Waals surface area (Å²) in [5.41, 5.74) is 3.10. The fourth-order valence-corrected chi connectivity index (χ4v) is 3.69. The van der Waals surface area contributed by atoms with Crippen LogP contribution in [0.1, 0.15) is 29.8 Å². The number of thioether (sulfide) groups is 1. The predicted octanol–water partition coefficient (Wildman–Crippen LogP) is 5.77. The molecule has 160 valence electrons. The lowest BCUT2D eigenvalue weighted by Gasteiger charge is -2.12. The van der Waals surface area contributed by atoms with Gasteiger partial charge in [-0.15, -0.1) is 11.8 Å². The van der Waals surface area contributed by atoms with Crippen LogP contribution >= 0.6 is 11.8 Å². The van der Waals surface area contributed by atoms with E-state index in [0.29, 0.717) is 11.3 Å². The average Bonchev–Trinajstić information content (AvgIpc) is 2.75. The van der Waals surface area contributed by atoms with Crippen LogP contribution in [0.5, 0.6) is 5.75 Å². The number of anilines is 2. The van der Waals surface area contributed by atoms with E-state index in [1.165, 1.54) is 11.8 Å². The first kappa shape index (κ1) is 22.4. The molecule has 0 spiro atoms. The number of benzene rings is 3. The first-order valence-electron chi connectivity index (χ1n) is 10.1. The normalized spacial score (nSPS) is 10.6. The Morgan fingerprint density at radius 1 is 0.871 bits per heavy atom. The highest BCUT2D eigenvalue weighted by atomic mass is 32.2. The second kappa shape index (κ2) is 10.7. The Balaban J connectivity index is 1.60. The van der Waals surface area contributed by atoms with Crippen molar-refractivity contribution in [3.05, 3.63) is 83.9 Å². The summed E-state index contributed by atoms with van der Waals surface area (Å²) in [5, 5.41) is 5.78. The second-order valence-corrected chi connectivity index (χ2v) is 8.36. The lowest BCUT2D eigenvalue weighted by molar-refractivity contribution is -0.113. The smallest absolute Gasteiger partial charge is 0.256 e. The molecule has 3 aromatic rings. The number of hydrogen-bond acceptors (Lipinski definition) is 4. The highest BCUT2D eigenvalue weighted by Gasteiger charge is 2.13. The van der Waals surface area contributed by atoms with Gasteiger partial charge in [0.25, 0.3) is 5.91 Å². The van der Waals surface area contributed by atoms with Crippen molar-refractivity contribution in [3.63, 3.8) is 0 Å². The van der Waals surface area contributed by atoms with Crippen LogP contribution in [-0.2, 0) is 4.79 Å². The van der Waals surface area contributed by atoms with Crippen LogP contribution in [-0.4, -0.2) is 23.7 Å². The average molecular weight is 435 g/mol. The van der Waals surface area contributed by atoms with E-state index >= 15 is 0 Å². The number of nitrogens with one attached hydrogen (secondary N) is 2. The Morgan fingerprint density at radius 3 is 2.16 bits per heavy atom. The van der Waals surface area contributed by atoms with Gasteiger partial charge < -0.3 is 15.4 Å². The van der Waals surface area contributed by atoms with Gasteiger partial charge in [0.1, 0.15) is 5.75 Å². The first-order chi connectivity index (χ1) is 14.9. The Bertz CT molecular complexity index is 1030. The zero-order valence-electron chi connectivity index (χ0n) is 17.8. The fourth-order valence-electron chi connectivity index (χ4n) is 2.84. The number of carbonyl (C=O) groups excluding carboxylic acids is 2. The zero-order valence-corrected chi connectivity index (χ0v) is 18.7. The van der Waals surface area contributed by atoms with Gasteiger partial charge in [-0.2, -0.15) is 0 Å². The minimum absolute atomic E-state index is 0.0903. The zero-order chi connectivity index (χ0) is 22.2. The van der Waals surface area contributed by atoms with Crippen molar-refractivity contribution in [1.82, 2.24) is 0 Å². The molecule has 0 saturated heterocycles. The molecule has 3 aromatic carbocycles. The molecule has 3 rings (SSSR count). The van der Waals surface area contributed by atoms with Crippen LogP contribution in [0.15, 0.2) is 77.7 Å². The van der Waals surface area contributed by atoms with Gasteiger partial charge in [-0.1, -0.05) is 29.8 Å². The fraction of sp³-hybridized carbons (Fsp3) is 0.200. The van der Waals surface area contributed by atoms with E-state index in [4.69, 9.17) is 4.74 Å². The van der Waals surface area contributed by atoms with E-state index in [1.807, 2.05) is 75.4 Å². The van der Waals surface area contributed by atoms with Crippen molar-refractivity contribution in [2.24, 2.45) is 0 Å². The Labute approximate surface area is 187 Å². The Hall–Kier alpha value is -3.25. The van der Waals surface area contributed by atoms with E-state index in [-0.39, 0.29) is 23.7 Å². The van der Waals surface area contributed by atoms with Crippen molar-refractivity contribution in [3.8, 4) is 5.75 Å². The summed E-state index contributed by atoms with van der Waals surface area (Å²) in [4.78, 5) is 25.9. The van der Waals surface area contributed by atoms with Crippen LogP contribution < -0.4 is 15.4 Å². The van der Waals surface area contributed by atoms with Crippen molar-refractivity contribution < 1.29 is 14.3 Å². The van der Waals surface area contributed by atoms with Gasteiger partial charge in [0.15, 0.2) is 0 Å². The molecular formula is C25H26N2O3S. The van der Waals surface area contributed by atoms with Crippen molar-refractivity contribution in [2.45, 2.75) is 31.8 Å². The summed E-state index contributed by atoms with van der Waals surface area (Å²) in [6.45, 7) is 5.92. The molecule has 0 bridgehead atoms. The Kier molecular flexibility index (Phi) is 7.73. The van der Waals surface area contributed by atoms with Gasteiger partial charge in [0, 0.05) is 16.3 Å². The van der Waals surface area contributed by atoms with Crippen molar-refractivity contribution >= 4 is 35.0 Å². The molecule has 0 aromatic heterocycles. The maximum atomic E-state index is 12.8. The van der Waals surface area contributed by atoms with Gasteiger partial charge in [0.2, 0.25) is 5.91 Å². The molecule has 2 amide bonds. The summed E-state index contributed by atoms with van der Waals surface area (Å²) < 4.78 is 5.63.